The van der Waals surface area contributed by atoms with Crippen molar-refractivity contribution in [3.8, 4) is 0 Å². The van der Waals surface area contributed by atoms with Crippen molar-refractivity contribution in [3.05, 3.63) is 0 Å². The molecule has 0 aromatic rings. The van der Waals surface area contributed by atoms with E-state index in [4.69, 9.17) is 14.2 Å². The summed E-state index contributed by atoms with van der Waals surface area (Å²) in [6.07, 6.45) is 51.5. The first-order chi connectivity index (χ1) is 34.3. The number of carbonyl (C=O) groups excluding carboxylic acids is 3. The molecular formula is C61H117NO8. The van der Waals surface area contributed by atoms with E-state index in [-0.39, 0.29) is 37.3 Å². The number of ether oxygens (including phenoxy) is 3. The molecule has 1 amide bonds. The summed E-state index contributed by atoms with van der Waals surface area (Å²) < 4.78 is 17.7. The Balaban J connectivity index is 2.52. The molecule has 0 bridgehead atoms. The smallest absolute Gasteiger partial charge is 0.306 e. The average Bonchev–Trinajstić information content (AvgIpc) is 3.34. The van der Waals surface area contributed by atoms with Crippen molar-refractivity contribution in [3.63, 3.8) is 0 Å². The molecule has 1 rings (SSSR count). The molecule has 1 unspecified atom stereocenters. The van der Waals surface area contributed by atoms with Gasteiger partial charge in [-0.1, -0.05) is 285 Å². The number of unbranched alkanes of at least 4 members (excludes halogenated alkanes) is 40. The van der Waals surface area contributed by atoms with Crippen LogP contribution in [0.1, 0.15) is 329 Å². The molecule has 9 heteroatoms. The van der Waals surface area contributed by atoms with Crippen LogP contribution in [0, 0.1) is 5.92 Å². The van der Waals surface area contributed by atoms with Gasteiger partial charge in [-0.3, -0.25) is 14.4 Å². The summed E-state index contributed by atoms with van der Waals surface area (Å²) in [7, 11) is 0. The monoisotopic (exact) mass is 992 g/mol. The van der Waals surface area contributed by atoms with E-state index in [2.05, 4.69) is 26.1 Å². The van der Waals surface area contributed by atoms with Gasteiger partial charge in [0, 0.05) is 18.8 Å². The highest BCUT2D eigenvalue weighted by atomic mass is 16.6. The quantitative estimate of drug-likeness (QED) is 0.0406. The van der Waals surface area contributed by atoms with Gasteiger partial charge in [-0.2, -0.15) is 0 Å². The third-order valence-electron chi connectivity index (χ3n) is 15.2. The molecule has 0 spiro atoms. The molecule has 3 N–H and O–H groups in total. The van der Waals surface area contributed by atoms with Gasteiger partial charge in [-0.05, 0) is 25.7 Å². The first kappa shape index (κ1) is 66.3. The van der Waals surface area contributed by atoms with Gasteiger partial charge in [0.15, 0.2) is 6.29 Å². The molecule has 1 aliphatic heterocycles. The minimum atomic E-state index is -1.46. The number of aliphatic hydroxyl groups is 2. The number of aliphatic hydroxyl groups excluding tert-OH is 2. The molecule has 0 radical (unpaired) electrons. The summed E-state index contributed by atoms with van der Waals surface area (Å²) in [5, 5.41) is 24.0. The molecule has 70 heavy (non-hydrogen) atoms. The zero-order valence-corrected chi connectivity index (χ0v) is 46.7. The van der Waals surface area contributed by atoms with Crippen molar-refractivity contribution in [2.75, 3.05) is 6.61 Å². The summed E-state index contributed by atoms with van der Waals surface area (Å²) in [6.45, 7) is 8.25. The summed E-state index contributed by atoms with van der Waals surface area (Å²) in [5.74, 6) is -1.47. The molecule has 1 aliphatic rings. The summed E-state index contributed by atoms with van der Waals surface area (Å²) >= 11 is 0. The molecule has 414 valence electrons. The zero-order valence-electron chi connectivity index (χ0n) is 46.7. The van der Waals surface area contributed by atoms with Crippen molar-refractivity contribution in [1.29, 1.82) is 0 Å². The second kappa shape index (κ2) is 49.5. The third kappa shape index (κ3) is 38.8. The van der Waals surface area contributed by atoms with Crippen LogP contribution < -0.4 is 5.32 Å². The lowest BCUT2D eigenvalue weighted by atomic mass is 9.89. The van der Waals surface area contributed by atoms with Crippen molar-refractivity contribution in [2.24, 2.45) is 5.92 Å². The first-order valence-corrected chi connectivity index (χ1v) is 30.9. The number of hydrogen-bond donors (Lipinski definition) is 3. The fraction of sp³-hybridized carbons (Fsp3) is 0.951. The topological polar surface area (TPSA) is 131 Å². The predicted octanol–water partition coefficient (Wildman–Crippen LogP) is 17.0. The second-order valence-corrected chi connectivity index (χ2v) is 21.9. The normalized spacial score (nSPS) is 18.5. The highest BCUT2D eigenvalue weighted by Crippen LogP contribution is 2.29. The third-order valence-corrected chi connectivity index (χ3v) is 15.2. The maximum Gasteiger partial charge on any atom is 0.306 e. The van der Waals surface area contributed by atoms with Crippen LogP contribution in [-0.2, 0) is 28.6 Å². The summed E-state index contributed by atoms with van der Waals surface area (Å²) in [5.41, 5.74) is 0. The fourth-order valence-electron chi connectivity index (χ4n) is 10.4. The minimum Gasteiger partial charge on any atom is -0.462 e. The van der Waals surface area contributed by atoms with Crippen molar-refractivity contribution >= 4 is 17.8 Å². The van der Waals surface area contributed by atoms with Crippen LogP contribution in [0.5, 0.6) is 0 Å². The van der Waals surface area contributed by atoms with E-state index in [0.717, 1.165) is 57.8 Å². The Hall–Kier alpha value is -1.71. The summed E-state index contributed by atoms with van der Waals surface area (Å²) in [6, 6.07) is -1.01. The highest BCUT2D eigenvalue weighted by molar-refractivity contribution is 5.78. The molecule has 9 nitrogen and oxygen atoms in total. The predicted molar refractivity (Wildman–Crippen MR) is 293 cm³/mol. The van der Waals surface area contributed by atoms with E-state index < -0.39 is 36.6 Å². The van der Waals surface area contributed by atoms with Crippen molar-refractivity contribution in [2.45, 2.75) is 360 Å². The maximum absolute atomic E-state index is 13.7. The zero-order chi connectivity index (χ0) is 51.0. The Labute approximate surface area is 433 Å². The molecular weight excluding hydrogens is 875 g/mol. The number of amides is 1. The Kier molecular flexibility index (Phi) is 46.9. The second-order valence-electron chi connectivity index (χ2n) is 21.9. The van der Waals surface area contributed by atoms with Crippen LogP contribution >= 0.6 is 0 Å². The van der Waals surface area contributed by atoms with Crippen LogP contribution in [0.2, 0.25) is 0 Å². The van der Waals surface area contributed by atoms with Crippen LogP contribution in [0.3, 0.4) is 0 Å². The fourth-order valence-corrected chi connectivity index (χ4v) is 10.4. The van der Waals surface area contributed by atoms with Crippen molar-refractivity contribution in [1.82, 2.24) is 5.32 Å². The van der Waals surface area contributed by atoms with E-state index in [1.54, 1.807) is 0 Å². The Morgan fingerprint density at radius 1 is 0.471 bits per heavy atom. The van der Waals surface area contributed by atoms with Crippen molar-refractivity contribution < 1.29 is 38.8 Å². The molecule has 1 fully saturated rings. The van der Waals surface area contributed by atoms with E-state index in [1.807, 2.05) is 6.92 Å². The SMILES string of the molecule is CCCCCCCCCCCCCCCCCCCC(=O)O[C@H](CCCCCCCCCCC)CC(=O)N[C@H]1C(O)O[C@H](CO)[C@@H](C)[C@@H]1OC(=O)CCCCCCCCCCCCCCCCCCC. The van der Waals surface area contributed by atoms with Gasteiger partial charge < -0.3 is 29.7 Å². The maximum atomic E-state index is 13.7. The van der Waals surface area contributed by atoms with Gasteiger partial charge in [0.1, 0.15) is 18.2 Å². The molecule has 1 saturated heterocycles. The Morgan fingerprint density at radius 3 is 1.13 bits per heavy atom. The lowest BCUT2D eigenvalue weighted by molar-refractivity contribution is -0.241. The van der Waals surface area contributed by atoms with Gasteiger partial charge in [0.05, 0.1) is 19.1 Å². The highest BCUT2D eigenvalue weighted by Gasteiger charge is 2.46. The number of hydrogen-bond acceptors (Lipinski definition) is 8. The Bertz CT molecular complexity index is 1170. The van der Waals surface area contributed by atoms with Gasteiger partial charge in [-0.25, -0.2) is 0 Å². The van der Waals surface area contributed by atoms with Crippen LogP contribution in [0.25, 0.3) is 0 Å². The summed E-state index contributed by atoms with van der Waals surface area (Å²) in [4.78, 5) is 40.1. The van der Waals surface area contributed by atoms with E-state index in [1.165, 1.54) is 218 Å². The largest absolute Gasteiger partial charge is 0.462 e. The van der Waals surface area contributed by atoms with E-state index >= 15 is 0 Å². The average molecular weight is 993 g/mol. The minimum absolute atomic E-state index is 0.0389. The van der Waals surface area contributed by atoms with Crippen LogP contribution in [0.15, 0.2) is 0 Å². The Morgan fingerprint density at radius 2 is 0.786 bits per heavy atom. The molecule has 0 aromatic heterocycles. The van der Waals surface area contributed by atoms with E-state index in [9.17, 15) is 24.6 Å². The molecule has 0 aliphatic carbocycles. The van der Waals surface area contributed by atoms with Gasteiger partial charge >= 0.3 is 11.9 Å². The van der Waals surface area contributed by atoms with Crippen LogP contribution in [0.4, 0.5) is 0 Å². The molecule has 1 heterocycles. The van der Waals surface area contributed by atoms with Gasteiger partial charge in [0.2, 0.25) is 5.91 Å². The molecule has 0 saturated carbocycles. The first-order valence-electron chi connectivity index (χ1n) is 30.9. The lowest BCUT2D eigenvalue weighted by Crippen LogP contribution is -2.62. The number of rotatable bonds is 52. The lowest BCUT2D eigenvalue weighted by Gasteiger charge is -2.43. The number of esters is 2. The van der Waals surface area contributed by atoms with Gasteiger partial charge in [0.25, 0.3) is 0 Å². The molecule has 6 atom stereocenters. The number of nitrogens with one attached hydrogen (secondary N) is 1. The van der Waals surface area contributed by atoms with Crippen LogP contribution in [-0.4, -0.2) is 65.3 Å². The van der Waals surface area contributed by atoms with Gasteiger partial charge in [-0.15, -0.1) is 0 Å². The standard InChI is InChI=1S/C61H117NO8/c1-5-8-11-14-17-20-22-24-26-28-30-32-34-37-40-43-46-49-57(65)68-54(48-45-42-39-36-19-16-13-10-7-3)51-56(64)62-59-60(53(4)55(52-63)69-61(59)67)70-58(66)50-47-44-41-38-35-33-31-29-27-25-23-21-18-15-12-9-6-2/h53-55,59-61,63,67H,5-52H2,1-4H3,(H,62,64)/t53-,54-,55-,59-,60+,61?/m1/s1. The molecule has 0 aromatic carbocycles. The number of carbonyl (C=O) groups is 3. The van der Waals surface area contributed by atoms with E-state index in [0.29, 0.717) is 12.8 Å².